The molecule has 1 saturated heterocycles. The number of nitriles is 1. The maximum Gasteiger partial charge on any atom is 0.272 e. The zero-order valence-corrected chi connectivity index (χ0v) is 16.3. The number of ether oxygens (including phenoxy) is 1. The first kappa shape index (κ1) is 19.4. The molecule has 146 valence electrons. The van der Waals surface area contributed by atoms with Gasteiger partial charge in [-0.2, -0.15) is 10.4 Å². The number of carbonyl (C=O) groups is 2. The molecule has 1 aliphatic rings. The lowest BCUT2D eigenvalue weighted by atomic mass is 10.1. The summed E-state index contributed by atoms with van der Waals surface area (Å²) in [5.74, 6) is 0.169. The zero-order valence-electron chi connectivity index (χ0n) is 16.3. The molecule has 2 aromatic rings. The Kier molecular flexibility index (Phi) is 5.64. The van der Waals surface area contributed by atoms with Crippen LogP contribution in [0.4, 0.5) is 0 Å². The zero-order chi connectivity index (χ0) is 20.3. The summed E-state index contributed by atoms with van der Waals surface area (Å²) in [6.45, 7) is 5.83. The highest BCUT2D eigenvalue weighted by Gasteiger charge is 2.32. The first-order valence-electron chi connectivity index (χ1n) is 9.20. The molecule has 0 spiro atoms. The standard InChI is InChI=1S/C20H23N5O3/c1-4-25-17(7-8-22-25)20(27)24-10-9-23(13-14(24)2)19(26)15-5-6-16(12-21)18(11-15)28-3/h5-8,11,14H,4,9-10,13H2,1-3H3/t14-/m0/s1. The Morgan fingerprint density at radius 1 is 1.29 bits per heavy atom. The van der Waals surface area contributed by atoms with E-state index < -0.39 is 0 Å². The highest BCUT2D eigenvalue weighted by molar-refractivity contribution is 5.96. The van der Waals surface area contributed by atoms with Crippen LogP contribution in [0.3, 0.4) is 0 Å². The minimum Gasteiger partial charge on any atom is -0.495 e. The van der Waals surface area contributed by atoms with Gasteiger partial charge in [0.15, 0.2) is 0 Å². The predicted octanol–water partition coefficient (Wildman–Crippen LogP) is 1.77. The molecule has 1 aromatic heterocycles. The highest BCUT2D eigenvalue weighted by Crippen LogP contribution is 2.22. The summed E-state index contributed by atoms with van der Waals surface area (Å²) in [7, 11) is 1.47. The lowest BCUT2D eigenvalue weighted by Gasteiger charge is -2.40. The van der Waals surface area contributed by atoms with Crippen molar-refractivity contribution in [3.63, 3.8) is 0 Å². The van der Waals surface area contributed by atoms with Crippen molar-refractivity contribution >= 4 is 11.8 Å². The van der Waals surface area contributed by atoms with Crippen molar-refractivity contribution in [2.24, 2.45) is 0 Å². The van der Waals surface area contributed by atoms with Crippen LogP contribution in [0.2, 0.25) is 0 Å². The summed E-state index contributed by atoms with van der Waals surface area (Å²) < 4.78 is 6.87. The largest absolute Gasteiger partial charge is 0.495 e. The fourth-order valence-electron chi connectivity index (χ4n) is 3.46. The molecule has 0 N–H and O–H groups in total. The number of aryl methyl sites for hydroxylation is 1. The molecule has 0 radical (unpaired) electrons. The van der Waals surface area contributed by atoms with E-state index in [9.17, 15) is 9.59 Å². The van der Waals surface area contributed by atoms with Gasteiger partial charge < -0.3 is 14.5 Å². The van der Waals surface area contributed by atoms with Gasteiger partial charge in [-0.15, -0.1) is 0 Å². The second-order valence-corrected chi connectivity index (χ2v) is 6.66. The SMILES string of the molecule is CCn1nccc1C(=O)N1CCN(C(=O)c2ccc(C#N)c(OC)c2)C[C@@H]1C. The smallest absolute Gasteiger partial charge is 0.272 e. The fourth-order valence-corrected chi connectivity index (χ4v) is 3.46. The van der Waals surface area contributed by atoms with Gasteiger partial charge in [0.2, 0.25) is 0 Å². The second kappa shape index (κ2) is 8.13. The van der Waals surface area contributed by atoms with Gasteiger partial charge in [-0.3, -0.25) is 14.3 Å². The van der Waals surface area contributed by atoms with Crippen LogP contribution >= 0.6 is 0 Å². The first-order valence-corrected chi connectivity index (χ1v) is 9.20. The van der Waals surface area contributed by atoms with Gasteiger partial charge >= 0.3 is 0 Å². The van der Waals surface area contributed by atoms with E-state index in [0.717, 1.165) is 0 Å². The summed E-state index contributed by atoms with van der Waals surface area (Å²) in [6, 6.07) is 8.44. The summed E-state index contributed by atoms with van der Waals surface area (Å²) in [6.07, 6.45) is 1.62. The molecule has 2 heterocycles. The number of piperazine rings is 1. The van der Waals surface area contributed by atoms with E-state index >= 15 is 0 Å². The third-order valence-corrected chi connectivity index (χ3v) is 4.98. The lowest BCUT2D eigenvalue weighted by Crippen LogP contribution is -2.55. The maximum atomic E-state index is 12.9. The fraction of sp³-hybridized carbons (Fsp3) is 0.400. The lowest BCUT2D eigenvalue weighted by molar-refractivity contribution is 0.0407. The maximum absolute atomic E-state index is 12.9. The van der Waals surface area contributed by atoms with Crippen LogP contribution in [-0.4, -0.2) is 64.2 Å². The number of aromatic nitrogens is 2. The third kappa shape index (κ3) is 3.56. The number of nitrogens with zero attached hydrogens (tertiary/aromatic N) is 5. The molecule has 1 aromatic carbocycles. The van der Waals surface area contributed by atoms with E-state index in [2.05, 4.69) is 5.10 Å². The minimum absolute atomic E-state index is 0.0704. The van der Waals surface area contributed by atoms with Crippen LogP contribution in [0, 0.1) is 11.3 Å². The summed E-state index contributed by atoms with van der Waals surface area (Å²) >= 11 is 0. The van der Waals surface area contributed by atoms with Gasteiger partial charge in [0.25, 0.3) is 11.8 Å². The summed E-state index contributed by atoms with van der Waals surface area (Å²) in [5.41, 5.74) is 1.41. The quantitative estimate of drug-likeness (QED) is 0.805. The van der Waals surface area contributed by atoms with Gasteiger partial charge in [-0.05, 0) is 38.1 Å². The molecule has 0 unspecified atom stereocenters. The number of hydrogen-bond donors (Lipinski definition) is 0. The van der Waals surface area contributed by atoms with Crippen molar-refractivity contribution in [3.8, 4) is 11.8 Å². The Morgan fingerprint density at radius 3 is 2.71 bits per heavy atom. The number of carbonyl (C=O) groups excluding carboxylic acids is 2. The molecular formula is C20H23N5O3. The normalized spacial score (nSPS) is 16.6. The Bertz CT molecular complexity index is 930. The van der Waals surface area contributed by atoms with Crippen molar-refractivity contribution < 1.29 is 14.3 Å². The van der Waals surface area contributed by atoms with Crippen molar-refractivity contribution in [1.82, 2.24) is 19.6 Å². The molecule has 8 nitrogen and oxygen atoms in total. The van der Waals surface area contributed by atoms with Crippen molar-refractivity contribution in [3.05, 3.63) is 47.3 Å². The Morgan fingerprint density at radius 2 is 2.07 bits per heavy atom. The van der Waals surface area contributed by atoms with Gasteiger partial charge in [0.05, 0.1) is 12.7 Å². The van der Waals surface area contributed by atoms with Gasteiger partial charge in [-0.25, -0.2) is 0 Å². The number of amides is 2. The molecule has 3 rings (SSSR count). The summed E-state index contributed by atoms with van der Waals surface area (Å²) in [4.78, 5) is 29.3. The van der Waals surface area contributed by atoms with E-state index in [4.69, 9.17) is 10.00 Å². The Balaban J connectivity index is 1.72. The Hall–Kier alpha value is -3.34. The van der Waals surface area contributed by atoms with Crippen LogP contribution in [0.1, 0.15) is 40.3 Å². The molecule has 1 fully saturated rings. The molecule has 8 heteroatoms. The van der Waals surface area contributed by atoms with Crippen molar-refractivity contribution in [2.45, 2.75) is 26.4 Å². The molecule has 28 heavy (non-hydrogen) atoms. The Labute approximate surface area is 163 Å². The van der Waals surface area contributed by atoms with Crippen LogP contribution in [-0.2, 0) is 6.54 Å². The van der Waals surface area contributed by atoms with Crippen LogP contribution in [0.15, 0.2) is 30.5 Å². The minimum atomic E-state index is -0.139. The second-order valence-electron chi connectivity index (χ2n) is 6.66. The van der Waals surface area contributed by atoms with E-state index in [1.165, 1.54) is 7.11 Å². The number of benzene rings is 1. The predicted molar refractivity (Wildman–Crippen MR) is 102 cm³/mol. The van der Waals surface area contributed by atoms with Crippen molar-refractivity contribution in [1.29, 1.82) is 5.26 Å². The average Bonchev–Trinajstić information content (AvgIpc) is 3.21. The monoisotopic (exact) mass is 381 g/mol. The molecule has 2 amide bonds. The highest BCUT2D eigenvalue weighted by atomic mass is 16.5. The summed E-state index contributed by atoms with van der Waals surface area (Å²) in [5, 5.41) is 13.2. The topological polar surface area (TPSA) is 91.5 Å². The number of hydrogen-bond acceptors (Lipinski definition) is 5. The first-order chi connectivity index (χ1) is 13.5. The van der Waals surface area contributed by atoms with Gasteiger partial charge in [0, 0.05) is 44.0 Å². The van der Waals surface area contributed by atoms with E-state index in [-0.39, 0.29) is 17.9 Å². The molecular weight excluding hydrogens is 358 g/mol. The average molecular weight is 381 g/mol. The molecule has 1 aliphatic heterocycles. The third-order valence-electron chi connectivity index (χ3n) is 4.98. The van der Waals surface area contributed by atoms with Crippen LogP contribution in [0.25, 0.3) is 0 Å². The number of methoxy groups -OCH3 is 1. The van der Waals surface area contributed by atoms with E-state index in [1.807, 2.05) is 19.9 Å². The molecule has 0 saturated carbocycles. The number of rotatable bonds is 4. The van der Waals surface area contributed by atoms with Crippen LogP contribution < -0.4 is 4.74 Å². The van der Waals surface area contributed by atoms with Gasteiger partial charge in [0.1, 0.15) is 17.5 Å². The van der Waals surface area contributed by atoms with Crippen LogP contribution in [0.5, 0.6) is 5.75 Å². The van der Waals surface area contributed by atoms with Gasteiger partial charge in [-0.1, -0.05) is 0 Å². The molecule has 0 aliphatic carbocycles. The molecule has 0 bridgehead atoms. The van der Waals surface area contributed by atoms with E-state index in [0.29, 0.717) is 48.7 Å². The molecule has 1 atom stereocenters. The van der Waals surface area contributed by atoms with E-state index in [1.54, 1.807) is 44.9 Å². The van der Waals surface area contributed by atoms with Crippen molar-refractivity contribution in [2.75, 3.05) is 26.7 Å².